The van der Waals surface area contributed by atoms with Gasteiger partial charge in [0.25, 0.3) is 5.56 Å². The second-order valence-electron chi connectivity index (χ2n) is 8.38. The lowest BCUT2D eigenvalue weighted by Crippen LogP contribution is -2.23. The molecular weight excluding hydrogens is 398 g/mol. The zero-order valence-electron chi connectivity index (χ0n) is 16.7. The van der Waals surface area contributed by atoms with E-state index in [2.05, 4.69) is 16.0 Å². The molecule has 2 atom stereocenters. The predicted molar refractivity (Wildman–Crippen MR) is 121 cm³/mol. The van der Waals surface area contributed by atoms with E-state index in [1.807, 2.05) is 18.4 Å². The van der Waals surface area contributed by atoms with Crippen molar-refractivity contribution in [2.24, 2.45) is 17.6 Å². The number of rotatable bonds is 4. The third-order valence-corrected chi connectivity index (χ3v) is 6.56. The molecule has 4 aromatic rings. The van der Waals surface area contributed by atoms with E-state index in [9.17, 15) is 4.79 Å². The Kier molecular flexibility index (Phi) is 5.09. The van der Waals surface area contributed by atoms with E-state index in [1.54, 1.807) is 18.2 Å². The highest BCUT2D eigenvalue weighted by Gasteiger charge is 2.23. The summed E-state index contributed by atoms with van der Waals surface area (Å²) in [7, 11) is 0. The van der Waals surface area contributed by atoms with Crippen LogP contribution in [0.25, 0.3) is 33.1 Å². The number of nitrogens with zero attached hydrogens (tertiary/aromatic N) is 1. The SMILES string of the molecule is NCC1CCCC(Cc2occ3ccc(-c4nc5cc(Cl)ccc5c(=O)[nH]4)cc23)C1. The highest BCUT2D eigenvalue weighted by atomic mass is 35.5. The van der Waals surface area contributed by atoms with Gasteiger partial charge in [-0.25, -0.2) is 4.98 Å². The second-order valence-corrected chi connectivity index (χ2v) is 8.81. The van der Waals surface area contributed by atoms with Crippen molar-refractivity contribution in [2.75, 3.05) is 6.54 Å². The van der Waals surface area contributed by atoms with Crippen LogP contribution < -0.4 is 11.3 Å². The van der Waals surface area contributed by atoms with Gasteiger partial charge in [-0.3, -0.25) is 4.79 Å². The smallest absolute Gasteiger partial charge is 0.259 e. The molecule has 0 amide bonds. The minimum Gasteiger partial charge on any atom is -0.468 e. The summed E-state index contributed by atoms with van der Waals surface area (Å²) in [4.78, 5) is 20.1. The summed E-state index contributed by atoms with van der Waals surface area (Å²) in [5.41, 5.74) is 7.18. The standard InChI is InChI=1S/C24H24ClN3O2/c25-18-6-7-19-21(11-18)27-23(28-24(19)29)16-4-5-17-13-30-22(20(17)10-16)9-14-2-1-3-15(8-14)12-26/h4-7,10-11,13-15H,1-3,8-9,12,26H2,(H,27,28,29). The molecule has 1 aliphatic rings. The van der Waals surface area contributed by atoms with E-state index < -0.39 is 0 Å². The lowest BCUT2D eigenvalue weighted by molar-refractivity contribution is 0.261. The molecule has 5 nitrogen and oxygen atoms in total. The fourth-order valence-corrected chi connectivity index (χ4v) is 4.88. The van der Waals surface area contributed by atoms with Crippen molar-refractivity contribution in [2.45, 2.75) is 32.1 Å². The van der Waals surface area contributed by atoms with Crippen molar-refractivity contribution in [3.63, 3.8) is 0 Å². The van der Waals surface area contributed by atoms with Gasteiger partial charge in [0.1, 0.15) is 11.6 Å². The first-order chi connectivity index (χ1) is 14.6. The van der Waals surface area contributed by atoms with Crippen LogP contribution in [0.3, 0.4) is 0 Å². The topological polar surface area (TPSA) is 84.9 Å². The summed E-state index contributed by atoms with van der Waals surface area (Å²) in [6.07, 6.45) is 7.59. The van der Waals surface area contributed by atoms with E-state index in [0.717, 1.165) is 35.1 Å². The molecule has 154 valence electrons. The van der Waals surface area contributed by atoms with Gasteiger partial charge in [-0.05, 0) is 61.9 Å². The van der Waals surface area contributed by atoms with Crippen LogP contribution in [0.4, 0.5) is 0 Å². The van der Waals surface area contributed by atoms with Crippen LogP contribution in [0.15, 0.2) is 51.9 Å². The molecule has 1 fully saturated rings. The number of nitrogens with two attached hydrogens (primary N) is 1. The van der Waals surface area contributed by atoms with Crippen molar-refractivity contribution < 1.29 is 4.42 Å². The van der Waals surface area contributed by atoms with Gasteiger partial charge < -0.3 is 15.1 Å². The molecule has 2 unspecified atom stereocenters. The Morgan fingerprint density at radius 2 is 2.00 bits per heavy atom. The number of H-pyrrole nitrogens is 1. The van der Waals surface area contributed by atoms with Crippen molar-refractivity contribution in [3.8, 4) is 11.4 Å². The normalized spacial score (nSPS) is 19.5. The fraction of sp³-hybridized carbons (Fsp3) is 0.333. The van der Waals surface area contributed by atoms with Crippen LogP contribution in [-0.2, 0) is 6.42 Å². The Labute approximate surface area is 179 Å². The van der Waals surface area contributed by atoms with Crippen molar-refractivity contribution in [1.82, 2.24) is 9.97 Å². The summed E-state index contributed by atoms with van der Waals surface area (Å²) < 4.78 is 5.95. The van der Waals surface area contributed by atoms with Crippen LogP contribution in [0, 0.1) is 11.8 Å². The number of aromatic nitrogens is 2. The number of hydrogen-bond donors (Lipinski definition) is 2. The molecule has 2 aromatic heterocycles. The van der Waals surface area contributed by atoms with Crippen LogP contribution in [0.5, 0.6) is 0 Å². The third-order valence-electron chi connectivity index (χ3n) is 6.32. The second kappa shape index (κ2) is 7.89. The third kappa shape index (κ3) is 3.64. The zero-order valence-corrected chi connectivity index (χ0v) is 17.4. The maximum Gasteiger partial charge on any atom is 0.259 e. The average Bonchev–Trinajstić information content (AvgIpc) is 3.15. The van der Waals surface area contributed by atoms with Crippen molar-refractivity contribution >= 4 is 33.3 Å². The van der Waals surface area contributed by atoms with Gasteiger partial charge in [0.15, 0.2) is 0 Å². The number of hydrogen-bond acceptors (Lipinski definition) is 4. The number of aromatic amines is 1. The molecular formula is C24H24ClN3O2. The molecule has 0 spiro atoms. The van der Waals surface area contributed by atoms with Crippen molar-refractivity contribution in [1.29, 1.82) is 0 Å². The summed E-state index contributed by atoms with van der Waals surface area (Å²) >= 11 is 6.09. The molecule has 1 aliphatic carbocycles. The first-order valence-electron chi connectivity index (χ1n) is 10.5. The molecule has 2 heterocycles. The Morgan fingerprint density at radius 3 is 2.87 bits per heavy atom. The fourth-order valence-electron chi connectivity index (χ4n) is 4.72. The van der Waals surface area contributed by atoms with Gasteiger partial charge in [0.2, 0.25) is 0 Å². The molecule has 0 saturated heterocycles. The predicted octanol–water partition coefficient (Wildman–Crippen LogP) is 5.30. The van der Waals surface area contributed by atoms with Gasteiger partial charge in [-0.1, -0.05) is 30.2 Å². The van der Waals surface area contributed by atoms with Gasteiger partial charge in [0, 0.05) is 27.8 Å². The zero-order chi connectivity index (χ0) is 20.7. The average molecular weight is 422 g/mol. The van der Waals surface area contributed by atoms with Gasteiger partial charge >= 0.3 is 0 Å². The largest absolute Gasteiger partial charge is 0.468 e. The first kappa shape index (κ1) is 19.3. The molecule has 5 rings (SSSR count). The number of nitrogens with one attached hydrogen (secondary N) is 1. The van der Waals surface area contributed by atoms with Gasteiger partial charge in [-0.2, -0.15) is 0 Å². The summed E-state index contributed by atoms with van der Waals surface area (Å²) in [5, 5.41) is 3.23. The van der Waals surface area contributed by atoms with Crippen LogP contribution >= 0.6 is 11.6 Å². The molecule has 2 aromatic carbocycles. The minimum atomic E-state index is -0.172. The summed E-state index contributed by atoms with van der Waals surface area (Å²) in [5.74, 6) is 2.76. The molecule has 6 heteroatoms. The lowest BCUT2D eigenvalue weighted by Gasteiger charge is -2.27. The van der Waals surface area contributed by atoms with E-state index in [4.69, 9.17) is 21.8 Å². The van der Waals surface area contributed by atoms with E-state index in [0.29, 0.717) is 33.6 Å². The van der Waals surface area contributed by atoms with Crippen LogP contribution in [-0.4, -0.2) is 16.5 Å². The quantitative estimate of drug-likeness (QED) is 0.468. The van der Waals surface area contributed by atoms with E-state index in [1.165, 1.54) is 25.7 Å². The Balaban J connectivity index is 1.51. The maximum atomic E-state index is 12.5. The van der Waals surface area contributed by atoms with Crippen molar-refractivity contribution in [3.05, 3.63) is 63.8 Å². The molecule has 0 radical (unpaired) electrons. The number of fused-ring (bicyclic) bond motifs is 2. The number of furan rings is 1. The van der Waals surface area contributed by atoms with Crippen LogP contribution in [0.1, 0.15) is 31.4 Å². The number of halogens is 1. The summed E-state index contributed by atoms with van der Waals surface area (Å²) in [6, 6.07) is 11.2. The van der Waals surface area contributed by atoms with Gasteiger partial charge in [0.05, 0.1) is 17.2 Å². The number of benzene rings is 2. The molecule has 30 heavy (non-hydrogen) atoms. The Bertz CT molecular complexity index is 1280. The monoisotopic (exact) mass is 421 g/mol. The highest BCUT2D eigenvalue weighted by molar-refractivity contribution is 6.31. The molecule has 0 aliphatic heterocycles. The Hall–Kier alpha value is -2.63. The van der Waals surface area contributed by atoms with E-state index >= 15 is 0 Å². The van der Waals surface area contributed by atoms with E-state index in [-0.39, 0.29) is 5.56 Å². The lowest BCUT2D eigenvalue weighted by atomic mass is 9.79. The molecule has 1 saturated carbocycles. The Morgan fingerprint density at radius 1 is 1.13 bits per heavy atom. The first-order valence-corrected chi connectivity index (χ1v) is 10.9. The van der Waals surface area contributed by atoms with Gasteiger partial charge in [-0.15, -0.1) is 0 Å². The maximum absolute atomic E-state index is 12.5. The highest BCUT2D eigenvalue weighted by Crippen LogP contribution is 2.34. The van der Waals surface area contributed by atoms with Crippen LogP contribution in [0.2, 0.25) is 5.02 Å². The molecule has 0 bridgehead atoms. The minimum absolute atomic E-state index is 0.172. The molecule has 3 N–H and O–H groups in total. The summed E-state index contributed by atoms with van der Waals surface area (Å²) in [6.45, 7) is 0.768.